The Balaban J connectivity index is 2.08. The molecule has 0 bridgehead atoms. The molecule has 3 aromatic rings. The van der Waals surface area contributed by atoms with E-state index in [4.69, 9.17) is 4.74 Å². The molecule has 0 N–H and O–H groups in total. The van der Waals surface area contributed by atoms with Crippen molar-refractivity contribution in [2.75, 3.05) is 12.4 Å². The number of esters is 1. The van der Waals surface area contributed by atoms with Crippen LogP contribution in [-0.4, -0.2) is 28.8 Å². The van der Waals surface area contributed by atoms with Crippen LogP contribution in [0.3, 0.4) is 0 Å². The number of amides is 1. The van der Waals surface area contributed by atoms with E-state index in [1.54, 1.807) is 49.0 Å². The zero-order valence-corrected chi connectivity index (χ0v) is 17.1. The lowest BCUT2D eigenvalue weighted by Crippen LogP contribution is -2.23. The van der Waals surface area contributed by atoms with Crippen molar-refractivity contribution in [1.29, 1.82) is 0 Å². The molecule has 0 aliphatic heterocycles. The molecule has 5 nitrogen and oxygen atoms in total. The summed E-state index contributed by atoms with van der Waals surface area (Å²) in [5, 5.41) is 0. The Hall–Kier alpha value is -2.45. The van der Waals surface area contributed by atoms with Gasteiger partial charge in [0.05, 0.1) is 16.8 Å². The summed E-state index contributed by atoms with van der Waals surface area (Å²) in [5.74, 6) is -0.540. The number of carbonyl (C=O) groups excluding carboxylic acids is 2. The third kappa shape index (κ3) is 4.51. The molecule has 0 saturated carbocycles. The van der Waals surface area contributed by atoms with Crippen LogP contribution in [0.4, 0.5) is 4.39 Å². The van der Waals surface area contributed by atoms with Gasteiger partial charge in [0.25, 0.3) is 5.91 Å². The molecule has 1 heterocycles. The van der Waals surface area contributed by atoms with Crippen LogP contribution in [-0.2, 0) is 16.1 Å². The number of carbonyl (C=O) groups is 2. The molecule has 0 spiro atoms. The quantitative estimate of drug-likeness (QED) is 0.443. The molecule has 146 valence electrons. The molecule has 2 aromatic carbocycles. The van der Waals surface area contributed by atoms with Gasteiger partial charge in [-0.3, -0.25) is 9.59 Å². The van der Waals surface area contributed by atoms with Gasteiger partial charge < -0.3 is 9.30 Å². The third-order valence-electron chi connectivity index (χ3n) is 3.83. The lowest BCUT2D eigenvalue weighted by atomic mass is 10.2. The van der Waals surface area contributed by atoms with Crippen molar-refractivity contribution < 1.29 is 18.7 Å². The molecule has 0 unspecified atom stereocenters. The minimum absolute atomic E-state index is 0.216. The Kier molecular flexibility index (Phi) is 6.64. The average molecular weight is 419 g/mol. The first-order valence-corrected chi connectivity index (χ1v) is 10.6. The van der Waals surface area contributed by atoms with Gasteiger partial charge in [0, 0.05) is 10.5 Å². The molecule has 1 aromatic heterocycles. The number of thiazole rings is 1. The number of rotatable bonds is 6. The first-order chi connectivity index (χ1) is 13.5. The Morgan fingerprint density at radius 1 is 1.21 bits per heavy atom. The summed E-state index contributed by atoms with van der Waals surface area (Å²) < 4.78 is 21.4. The smallest absolute Gasteiger partial charge is 0.326 e. The minimum atomic E-state index is -0.513. The van der Waals surface area contributed by atoms with Gasteiger partial charge in [-0.1, -0.05) is 30.4 Å². The highest BCUT2D eigenvalue weighted by atomic mass is 32.2. The molecule has 0 aliphatic rings. The molecule has 28 heavy (non-hydrogen) atoms. The molecule has 0 radical (unpaired) electrons. The fourth-order valence-electron chi connectivity index (χ4n) is 2.69. The second-order valence-electron chi connectivity index (χ2n) is 5.74. The maximum absolute atomic E-state index is 14.4. The van der Waals surface area contributed by atoms with Crippen LogP contribution in [0.2, 0.25) is 0 Å². The number of para-hydroxylation sites is 1. The number of halogens is 1. The first-order valence-electron chi connectivity index (χ1n) is 8.78. The average Bonchev–Trinajstić information content (AvgIpc) is 3.00. The van der Waals surface area contributed by atoms with Crippen molar-refractivity contribution in [2.24, 2.45) is 4.99 Å². The summed E-state index contributed by atoms with van der Waals surface area (Å²) in [4.78, 5) is 30.1. The number of thioether (sulfide) groups is 1. The van der Waals surface area contributed by atoms with E-state index >= 15 is 0 Å². The molecule has 0 atom stereocenters. The summed E-state index contributed by atoms with van der Waals surface area (Å²) in [5.41, 5.74) is 0.682. The lowest BCUT2D eigenvalue weighted by Gasteiger charge is -2.05. The van der Waals surface area contributed by atoms with Crippen molar-refractivity contribution in [1.82, 2.24) is 4.57 Å². The molecular formula is C20H19FN2O3S2. The standard InChI is InChI=1S/C20H19FN2O3S2/c1-3-26-17(24)12-23-18-15(21)9-6-10-16(18)28-20(23)22-19(25)13-7-5-8-14(11-13)27-4-2/h5-11H,3-4,12H2,1-2H3. The second kappa shape index (κ2) is 9.16. The minimum Gasteiger partial charge on any atom is -0.465 e. The monoisotopic (exact) mass is 418 g/mol. The van der Waals surface area contributed by atoms with Gasteiger partial charge in [-0.05, 0) is 43.0 Å². The van der Waals surface area contributed by atoms with E-state index in [0.717, 1.165) is 22.0 Å². The normalized spacial score (nSPS) is 11.8. The van der Waals surface area contributed by atoms with Gasteiger partial charge >= 0.3 is 5.97 Å². The van der Waals surface area contributed by atoms with Gasteiger partial charge in [-0.25, -0.2) is 4.39 Å². The number of fused-ring (bicyclic) bond motifs is 1. The molecule has 0 saturated heterocycles. The van der Waals surface area contributed by atoms with Crippen molar-refractivity contribution >= 4 is 45.2 Å². The van der Waals surface area contributed by atoms with Crippen LogP contribution >= 0.6 is 23.1 Å². The van der Waals surface area contributed by atoms with Crippen molar-refractivity contribution in [3.8, 4) is 0 Å². The second-order valence-corrected chi connectivity index (χ2v) is 8.09. The number of nitrogens with zero attached hydrogens (tertiary/aromatic N) is 2. The van der Waals surface area contributed by atoms with Gasteiger partial charge in [0.15, 0.2) is 4.80 Å². The van der Waals surface area contributed by atoms with Gasteiger partial charge in [-0.15, -0.1) is 11.8 Å². The Morgan fingerprint density at radius 3 is 2.75 bits per heavy atom. The lowest BCUT2D eigenvalue weighted by molar-refractivity contribution is -0.143. The predicted molar refractivity (Wildman–Crippen MR) is 109 cm³/mol. The van der Waals surface area contributed by atoms with E-state index in [1.807, 2.05) is 13.0 Å². The topological polar surface area (TPSA) is 60.7 Å². The van der Waals surface area contributed by atoms with E-state index in [-0.39, 0.29) is 23.5 Å². The number of hydrogen-bond acceptors (Lipinski definition) is 5. The molecule has 8 heteroatoms. The SMILES string of the molecule is CCOC(=O)Cn1c(=NC(=O)c2cccc(SCC)c2)sc2cccc(F)c21. The number of ether oxygens (including phenoxy) is 1. The summed E-state index contributed by atoms with van der Waals surface area (Å²) in [6.07, 6.45) is 0. The van der Waals surface area contributed by atoms with E-state index < -0.39 is 17.7 Å². The van der Waals surface area contributed by atoms with E-state index in [9.17, 15) is 14.0 Å². The van der Waals surface area contributed by atoms with Gasteiger partial charge in [-0.2, -0.15) is 4.99 Å². The van der Waals surface area contributed by atoms with Crippen LogP contribution in [0.25, 0.3) is 10.2 Å². The highest BCUT2D eigenvalue weighted by Crippen LogP contribution is 2.21. The maximum atomic E-state index is 14.4. The fraction of sp³-hybridized carbons (Fsp3) is 0.250. The number of aromatic nitrogens is 1. The Bertz CT molecular complexity index is 1090. The molecule has 0 fully saturated rings. The van der Waals surface area contributed by atoms with Crippen LogP contribution < -0.4 is 4.80 Å². The van der Waals surface area contributed by atoms with Crippen molar-refractivity contribution in [3.63, 3.8) is 0 Å². The Labute approximate surface area is 169 Å². The predicted octanol–water partition coefficient (Wildman–Crippen LogP) is 4.26. The van der Waals surface area contributed by atoms with Crippen LogP contribution in [0.1, 0.15) is 24.2 Å². The zero-order valence-electron chi connectivity index (χ0n) is 15.5. The van der Waals surface area contributed by atoms with E-state index in [0.29, 0.717) is 10.3 Å². The molecular weight excluding hydrogens is 399 g/mol. The van der Waals surface area contributed by atoms with E-state index in [1.165, 1.54) is 10.6 Å². The summed E-state index contributed by atoms with van der Waals surface area (Å²) >= 11 is 2.79. The van der Waals surface area contributed by atoms with Crippen LogP contribution in [0.5, 0.6) is 0 Å². The Morgan fingerprint density at radius 2 is 2.00 bits per heavy atom. The van der Waals surface area contributed by atoms with E-state index in [2.05, 4.69) is 4.99 Å². The third-order valence-corrected chi connectivity index (χ3v) is 5.75. The summed E-state index contributed by atoms with van der Waals surface area (Å²) in [6.45, 7) is 3.74. The summed E-state index contributed by atoms with van der Waals surface area (Å²) in [7, 11) is 0. The maximum Gasteiger partial charge on any atom is 0.326 e. The molecule has 0 aliphatic carbocycles. The number of hydrogen-bond donors (Lipinski definition) is 0. The molecule has 1 amide bonds. The highest BCUT2D eigenvalue weighted by Gasteiger charge is 2.15. The van der Waals surface area contributed by atoms with Gasteiger partial charge in [0.1, 0.15) is 12.4 Å². The van der Waals surface area contributed by atoms with Crippen LogP contribution in [0.15, 0.2) is 52.4 Å². The first kappa shape index (κ1) is 20.3. The summed E-state index contributed by atoms with van der Waals surface area (Å²) in [6, 6.07) is 11.8. The zero-order chi connectivity index (χ0) is 20.1. The fourth-order valence-corrected chi connectivity index (χ4v) is 4.45. The largest absolute Gasteiger partial charge is 0.465 e. The van der Waals surface area contributed by atoms with Gasteiger partial charge in [0.2, 0.25) is 0 Å². The van der Waals surface area contributed by atoms with Crippen molar-refractivity contribution in [2.45, 2.75) is 25.3 Å². The number of benzene rings is 2. The highest BCUT2D eigenvalue weighted by molar-refractivity contribution is 7.99. The van der Waals surface area contributed by atoms with Crippen LogP contribution in [0, 0.1) is 5.82 Å². The van der Waals surface area contributed by atoms with Crippen molar-refractivity contribution in [3.05, 3.63) is 58.6 Å². The molecule has 3 rings (SSSR count).